The molecule has 0 heterocycles. The molecule has 1 N–H and O–H groups in total. The molecule has 1 rings (SSSR count). The normalized spacial score (nSPS) is 13.0. The third kappa shape index (κ3) is 1.78. The van der Waals surface area contributed by atoms with Crippen LogP contribution in [-0.4, -0.2) is 5.26 Å². The smallest absolute Gasteiger partial charge is 0.129 e. The van der Waals surface area contributed by atoms with Gasteiger partial charge < -0.3 is 0 Å². The first kappa shape index (κ1) is 9.09. The minimum absolute atomic E-state index is 0.00231. The van der Waals surface area contributed by atoms with Crippen molar-refractivity contribution < 1.29 is 18.9 Å². The fourth-order valence-corrected chi connectivity index (χ4v) is 0.883. The van der Waals surface area contributed by atoms with Crippen LogP contribution in [0.4, 0.5) is 8.78 Å². The Morgan fingerprint density at radius 2 is 2.08 bits per heavy atom. The monoisotopic (exact) mass is 174 g/mol. The molecule has 4 heteroatoms. The maximum Gasteiger partial charge on any atom is 0.129 e. The van der Waals surface area contributed by atoms with E-state index in [9.17, 15) is 8.78 Å². The van der Waals surface area contributed by atoms with Gasteiger partial charge in [-0.25, -0.2) is 13.7 Å². The van der Waals surface area contributed by atoms with E-state index in [4.69, 9.17) is 5.26 Å². The number of hydrogen-bond acceptors (Lipinski definition) is 2. The first-order valence-corrected chi connectivity index (χ1v) is 3.40. The Labute approximate surface area is 68.3 Å². The number of hydrogen-bond donors (Lipinski definition) is 1. The van der Waals surface area contributed by atoms with Crippen LogP contribution in [0.15, 0.2) is 18.2 Å². The van der Waals surface area contributed by atoms with Crippen molar-refractivity contribution in [3.8, 4) is 0 Å². The zero-order valence-corrected chi connectivity index (χ0v) is 6.42. The highest BCUT2D eigenvalue weighted by Gasteiger charge is 2.11. The molecular formula is C8H8F2O2. The molecule has 0 aliphatic rings. The van der Waals surface area contributed by atoms with Gasteiger partial charge in [0.05, 0.1) is 0 Å². The summed E-state index contributed by atoms with van der Waals surface area (Å²) in [4.78, 5) is 3.87. The molecule has 12 heavy (non-hydrogen) atoms. The fraction of sp³-hybridized carbons (Fsp3) is 0.250. The Morgan fingerprint density at radius 3 is 2.67 bits per heavy atom. The van der Waals surface area contributed by atoms with Crippen LogP contribution in [0.1, 0.15) is 18.6 Å². The summed E-state index contributed by atoms with van der Waals surface area (Å²) in [6, 6.07) is 2.97. The van der Waals surface area contributed by atoms with E-state index in [2.05, 4.69) is 4.89 Å². The molecule has 1 aromatic carbocycles. The van der Waals surface area contributed by atoms with E-state index in [-0.39, 0.29) is 5.56 Å². The molecule has 0 amide bonds. The highest BCUT2D eigenvalue weighted by Crippen LogP contribution is 2.19. The Morgan fingerprint density at radius 1 is 1.42 bits per heavy atom. The lowest BCUT2D eigenvalue weighted by molar-refractivity contribution is -0.277. The van der Waals surface area contributed by atoms with Crippen LogP contribution >= 0.6 is 0 Å². The summed E-state index contributed by atoms with van der Waals surface area (Å²) in [6.45, 7) is 1.41. The van der Waals surface area contributed by atoms with Gasteiger partial charge in [-0.2, -0.15) is 0 Å². The zero-order chi connectivity index (χ0) is 9.14. The molecule has 2 nitrogen and oxygen atoms in total. The van der Waals surface area contributed by atoms with E-state index in [0.29, 0.717) is 0 Å². The van der Waals surface area contributed by atoms with Gasteiger partial charge in [0.2, 0.25) is 0 Å². The largest absolute Gasteiger partial charge is 0.251 e. The third-order valence-electron chi connectivity index (χ3n) is 1.55. The van der Waals surface area contributed by atoms with Gasteiger partial charge in [0.25, 0.3) is 0 Å². The van der Waals surface area contributed by atoms with E-state index in [0.717, 1.165) is 18.2 Å². The van der Waals surface area contributed by atoms with Crippen molar-refractivity contribution >= 4 is 0 Å². The Kier molecular flexibility index (Phi) is 2.73. The molecule has 0 bridgehead atoms. The molecule has 0 radical (unpaired) electrons. The number of halogens is 2. The number of benzene rings is 1. The second-order valence-electron chi connectivity index (χ2n) is 2.41. The minimum Gasteiger partial charge on any atom is -0.251 e. The molecular weight excluding hydrogens is 166 g/mol. The second kappa shape index (κ2) is 3.60. The van der Waals surface area contributed by atoms with E-state index in [1.807, 2.05) is 0 Å². The molecule has 66 valence electrons. The van der Waals surface area contributed by atoms with Crippen LogP contribution < -0.4 is 0 Å². The van der Waals surface area contributed by atoms with E-state index < -0.39 is 17.7 Å². The summed E-state index contributed by atoms with van der Waals surface area (Å²) in [5.41, 5.74) is -0.00231. The average molecular weight is 174 g/mol. The highest BCUT2D eigenvalue weighted by atomic mass is 19.1. The van der Waals surface area contributed by atoms with Crippen LogP contribution in [0.25, 0.3) is 0 Å². The van der Waals surface area contributed by atoms with Crippen LogP contribution in [0.2, 0.25) is 0 Å². The maximum atomic E-state index is 12.8. The number of rotatable bonds is 2. The van der Waals surface area contributed by atoms with Crippen molar-refractivity contribution in [2.75, 3.05) is 0 Å². The average Bonchev–Trinajstić information content (AvgIpc) is 2.08. The fourth-order valence-electron chi connectivity index (χ4n) is 0.883. The molecule has 0 saturated heterocycles. The molecule has 0 saturated carbocycles. The first-order chi connectivity index (χ1) is 5.65. The van der Waals surface area contributed by atoms with Crippen LogP contribution in [0, 0.1) is 11.6 Å². The molecule has 0 spiro atoms. The molecule has 1 aromatic rings. The Bertz CT molecular complexity index is 276. The van der Waals surface area contributed by atoms with E-state index >= 15 is 0 Å². The second-order valence-corrected chi connectivity index (χ2v) is 2.41. The van der Waals surface area contributed by atoms with Gasteiger partial charge in [0, 0.05) is 5.56 Å². The van der Waals surface area contributed by atoms with Crippen molar-refractivity contribution in [2.24, 2.45) is 0 Å². The van der Waals surface area contributed by atoms with Crippen molar-refractivity contribution in [3.05, 3.63) is 35.4 Å². The Balaban J connectivity index is 3.04. The lowest BCUT2D eigenvalue weighted by Gasteiger charge is -2.08. The summed E-state index contributed by atoms with van der Waals surface area (Å²) in [5, 5.41) is 8.21. The first-order valence-electron chi connectivity index (χ1n) is 3.40. The van der Waals surface area contributed by atoms with Gasteiger partial charge in [0.15, 0.2) is 0 Å². The van der Waals surface area contributed by atoms with Gasteiger partial charge in [-0.3, -0.25) is 5.26 Å². The van der Waals surface area contributed by atoms with Gasteiger partial charge in [-0.15, -0.1) is 0 Å². The predicted molar refractivity (Wildman–Crippen MR) is 38.5 cm³/mol. The molecule has 0 fully saturated rings. The maximum absolute atomic E-state index is 12.8. The van der Waals surface area contributed by atoms with E-state index in [1.165, 1.54) is 6.92 Å². The quantitative estimate of drug-likeness (QED) is 0.551. The summed E-state index contributed by atoms with van der Waals surface area (Å²) in [6.07, 6.45) is -0.860. The van der Waals surface area contributed by atoms with Gasteiger partial charge in [0.1, 0.15) is 17.7 Å². The van der Waals surface area contributed by atoms with Gasteiger partial charge >= 0.3 is 0 Å². The Hall–Kier alpha value is -1.00. The summed E-state index contributed by atoms with van der Waals surface area (Å²) in [5.74, 6) is -1.16. The van der Waals surface area contributed by atoms with Crippen LogP contribution in [0.5, 0.6) is 0 Å². The van der Waals surface area contributed by atoms with Crippen molar-refractivity contribution in [1.82, 2.24) is 0 Å². The summed E-state index contributed by atoms with van der Waals surface area (Å²) >= 11 is 0. The minimum atomic E-state index is -0.860. The molecule has 1 atom stereocenters. The zero-order valence-electron chi connectivity index (χ0n) is 6.42. The summed E-state index contributed by atoms with van der Waals surface area (Å²) < 4.78 is 25.4. The standard InChI is InChI=1S/C8H8F2O2/c1-5(12-11)7-4-6(9)2-3-8(7)10/h2-5,11H,1H3/t5-/m1/s1. The van der Waals surface area contributed by atoms with E-state index in [1.54, 1.807) is 0 Å². The highest BCUT2D eigenvalue weighted by molar-refractivity contribution is 5.20. The summed E-state index contributed by atoms with van der Waals surface area (Å²) in [7, 11) is 0. The molecule has 0 aliphatic carbocycles. The molecule has 0 aromatic heterocycles. The van der Waals surface area contributed by atoms with Crippen molar-refractivity contribution in [1.29, 1.82) is 0 Å². The lowest BCUT2D eigenvalue weighted by Crippen LogP contribution is -2.00. The lowest BCUT2D eigenvalue weighted by atomic mass is 10.1. The molecule has 0 aliphatic heterocycles. The van der Waals surface area contributed by atoms with Gasteiger partial charge in [-0.05, 0) is 25.1 Å². The topological polar surface area (TPSA) is 29.5 Å². The van der Waals surface area contributed by atoms with Crippen molar-refractivity contribution in [2.45, 2.75) is 13.0 Å². The third-order valence-corrected chi connectivity index (χ3v) is 1.55. The van der Waals surface area contributed by atoms with Crippen molar-refractivity contribution in [3.63, 3.8) is 0 Å². The molecule has 0 unspecified atom stereocenters. The van der Waals surface area contributed by atoms with Crippen LogP contribution in [-0.2, 0) is 4.89 Å². The van der Waals surface area contributed by atoms with Crippen LogP contribution in [0.3, 0.4) is 0 Å². The predicted octanol–water partition coefficient (Wildman–Crippen LogP) is 2.52. The van der Waals surface area contributed by atoms with Gasteiger partial charge in [-0.1, -0.05) is 0 Å². The SMILES string of the molecule is C[C@@H](OO)c1cc(F)ccc1F.